The Morgan fingerprint density at radius 3 is 2.58 bits per heavy atom. The van der Waals surface area contributed by atoms with Gasteiger partial charge in [-0.25, -0.2) is 4.79 Å². The van der Waals surface area contributed by atoms with Crippen molar-refractivity contribution in [2.45, 2.75) is 20.1 Å². The minimum absolute atomic E-state index is 0.264. The number of aromatic carboxylic acids is 1. The second-order valence-electron chi connectivity index (χ2n) is 6.99. The molecular weight excluding hydrogens is 390 g/mol. The van der Waals surface area contributed by atoms with E-state index in [1.54, 1.807) is 30.5 Å². The molecule has 31 heavy (non-hydrogen) atoms. The van der Waals surface area contributed by atoms with Crippen LogP contribution in [-0.2, 0) is 13.2 Å². The van der Waals surface area contributed by atoms with Crippen molar-refractivity contribution in [1.29, 1.82) is 0 Å². The largest absolute Gasteiger partial charge is 0.487 e. The smallest absolute Gasteiger partial charge is 0.335 e. The highest BCUT2D eigenvalue weighted by Gasteiger charge is 2.11. The highest BCUT2D eigenvalue weighted by molar-refractivity contribution is 5.88. The van der Waals surface area contributed by atoms with E-state index in [1.807, 2.05) is 42.5 Å². The Kier molecular flexibility index (Phi) is 5.98. The van der Waals surface area contributed by atoms with Gasteiger partial charge >= 0.3 is 5.97 Å². The standard InChI is InChI=1S/C25H23N3O3/c1-2-28-23(13-14-24(28)27-20-11-9-18(10-12-20)25(29)30)19-6-5-8-22(16-19)31-17-21-7-3-4-15-26-21/h3-16,27H,2,17H2,1H3,(H,29,30). The quantitative estimate of drug-likeness (QED) is 0.394. The maximum atomic E-state index is 11.0. The predicted molar refractivity (Wildman–Crippen MR) is 121 cm³/mol. The molecule has 0 atom stereocenters. The van der Waals surface area contributed by atoms with E-state index in [4.69, 9.17) is 9.84 Å². The van der Waals surface area contributed by atoms with Gasteiger partial charge in [-0.2, -0.15) is 0 Å². The van der Waals surface area contributed by atoms with Gasteiger partial charge in [0.05, 0.1) is 11.3 Å². The monoisotopic (exact) mass is 413 g/mol. The Balaban J connectivity index is 1.53. The van der Waals surface area contributed by atoms with Gasteiger partial charge in [0.25, 0.3) is 0 Å². The van der Waals surface area contributed by atoms with Crippen LogP contribution in [0.5, 0.6) is 5.75 Å². The Morgan fingerprint density at radius 2 is 1.87 bits per heavy atom. The Bertz CT molecular complexity index is 1170. The molecule has 6 heteroatoms. The van der Waals surface area contributed by atoms with Gasteiger partial charge in [0, 0.05) is 29.7 Å². The summed E-state index contributed by atoms with van der Waals surface area (Å²) >= 11 is 0. The summed E-state index contributed by atoms with van der Waals surface area (Å²) in [4.78, 5) is 15.3. The van der Waals surface area contributed by atoms with E-state index < -0.39 is 5.97 Å². The minimum atomic E-state index is -0.934. The molecule has 156 valence electrons. The number of nitrogens with zero attached hydrogens (tertiary/aromatic N) is 2. The molecule has 0 radical (unpaired) electrons. The molecule has 2 N–H and O–H groups in total. The third-order valence-electron chi connectivity index (χ3n) is 4.94. The zero-order valence-electron chi connectivity index (χ0n) is 17.2. The zero-order valence-corrected chi connectivity index (χ0v) is 17.2. The van der Waals surface area contributed by atoms with Gasteiger partial charge in [-0.3, -0.25) is 4.98 Å². The number of nitrogens with one attached hydrogen (secondary N) is 1. The molecule has 2 aromatic carbocycles. The maximum absolute atomic E-state index is 11.0. The SMILES string of the molecule is CCn1c(Nc2ccc(C(=O)O)cc2)ccc1-c1cccc(OCc2ccccn2)c1. The van der Waals surface area contributed by atoms with Crippen LogP contribution in [0.2, 0.25) is 0 Å². The highest BCUT2D eigenvalue weighted by Crippen LogP contribution is 2.30. The lowest BCUT2D eigenvalue weighted by atomic mass is 10.1. The fourth-order valence-electron chi connectivity index (χ4n) is 3.40. The number of hydrogen-bond donors (Lipinski definition) is 2. The van der Waals surface area contributed by atoms with Gasteiger partial charge in [-0.05, 0) is 67.6 Å². The predicted octanol–water partition coefficient (Wildman–Crippen LogP) is 5.59. The van der Waals surface area contributed by atoms with Crippen molar-refractivity contribution < 1.29 is 14.6 Å². The van der Waals surface area contributed by atoms with E-state index in [0.717, 1.165) is 40.8 Å². The van der Waals surface area contributed by atoms with Crippen LogP contribution < -0.4 is 10.1 Å². The number of aromatic nitrogens is 2. The maximum Gasteiger partial charge on any atom is 0.335 e. The lowest BCUT2D eigenvalue weighted by molar-refractivity contribution is 0.0697. The highest BCUT2D eigenvalue weighted by atomic mass is 16.5. The number of rotatable bonds is 8. The molecule has 4 rings (SSSR count). The Hall–Kier alpha value is -4.06. The summed E-state index contributed by atoms with van der Waals surface area (Å²) in [6, 6.07) is 24.6. The Morgan fingerprint density at radius 1 is 1.03 bits per heavy atom. The molecule has 2 aromatic heterocycles. The molecule has 0 saturated carbocycles. The first-order chi connectivity index (χ1) is 15.1. The van der Waals surface area contributed by atoms with Crippen molar-refractivity contribution in [3.8, 4) is 17.0 Å². The summed E-state index contributed by atoms with van der Waals surface area (Å²) in [6.45, 7) is 3.28. The van der Waals surface area contributed by atoms with Crippen molar-refractivity contribution in [3.63, 3.8) is 0 Å². The first-order valence-corrected chi connectivity index (χ1v) is 10.1. The molecule has 0 aliphatic carbocycles. The summed E-state index contributed by atoms with van der Waals surface area (Å²) in [6.07, 6.45) is 1.76. The zero-order chi connectivity index (χ0) is 21.6. The molecule has 0 bridgehead atoms. The summed E-state index contributed by atoms with van der Waals surface area (Å²) in [7, 11) is 0. The van der Waals surface area contributed by atoms with Crippen LogP contribution in [0, 0.1) is 0 Å². The van der Waals surface area contributed by atoms with Crippen molar-refractivity contribution >= 4 is 17.5 Å². The summed E-state index contributed by atoms with van der Waals surface area (Å²) in [5.74, 6) is 0.780. The van der Waals surface area contributed by atoms with Crippen LogP contribution in [0.3, 0.4) is 0 Å². The van der Waals surface area contributed by atoms with Gasteiger partial charge in [0.1, 0.15) is 18.2 Å². The molecule has 0 aliphatic rings. The number of anilines is 2. The van der Waals surface area contributed by atoms with E-state index in [9.17, 15) is 4.79 Å². The fraction of sp³-hybridized carbons (Fsp3) is 0.120. The summed E-state index contributed by atoms with van der Waals surface area (Å²) in [5, 5.41) is 12.4. The molecule has 0 fully saturated rings. The van der Waals surface area contributed by atoms with E-state index >= 15 is 0 Å². The van der Waals surface area contributed by atoms with Gasteiger partial charge in [-0.1, -0.05) is 18.2 Å². The first kappa shape index (κ1) is 20.2. The van der Waals surface area contributed by atoms with Crippen molar-refractivity contribution in [1.82, 2.24) is 9.55 Å². The third-order valence-corrected chi connectivity index (χ3v) is 4.94. The molecule has 2 heterocycles. The normalized spacial score (nSPS) is 10.6. The van der Waals surface area contributed by atoms with Crippen molar-refractivity contribution in [2.24, 2.45) is 0 Å². The van der Waals surface area contributed by atoms with Crippen LogP contribution in [0.4, 0.5) is 11.5 Å². The average Bonchev–Trinajstić information content (AvgIpc) is 3.21. The second-order valence-corrected chi connectivity index (χ2v) is 6.99. The summed E-state index contributed by atoms with van der Waals surface area (Å²) < 4.78 is 8.09. The summed E-state index contributed by atoms with van der Waals surface area (Å²) in [5.41, 5.74) is 4.09. The Labute approximate surface area is 180 Å². The van der Waals surface area contributed by atoms with E-state index in [2.05, 4.69) is 33.9 Å². The molecule has 0 unspecified atom stereocenters. The second kappa shape index (κ2) is 9.17. The number of ether oxygens (including phenoxy) is 1. The molecule has 0 spiro atoms. The number of carboxylic acid groups (broad SMARTS) is 1. The van der Waals surface area contributed by atoms with Crippen LogP contribution in [-0.4, -0.2) is 20.6 Å². The molecule has 6 nitrogen and oxygen atoms in total. The van der Waals surface area contributed by atoms with Crippen LogP contribution in [0.25, 0.3) is 11.3 Å². The van der Waals surface area contributed by atoms with Gasteiger partial charge in [0.2, 0.25) is 0 Å². The van der Waals surface area contributed by atoms with Crippen LogP contribution in [0.1, 0.15) is 23.0 Å². The molecule has 0 saturated heterocycles. The van der Waals surface area contributed by atoms with Gasteiger partial charge in [-0.15, -0.1) is 0 Å². The molecule has 4 aromatic rings. The van der Waals surface area contributed by atoms with Crippen LogP contribution in [0.15, 0.2) is 85.1 Å². The van der Waals surface area contributed by atoms with E-state index in [0.29, 0.717) is 6.61 Å². The third kappa shape index (κ3) is 4.75. The fourth-order valence-corrected chi connectivity index (χ4v) is 3.40. The molecule has 0 amide bonds. The molecular formula is C25H23N3O3. The van der Waals surface area contributed by atoms with Crippen LogP contribution >= 0.6 is 0 Å². The lowest BCUT2D eigenvalue weighted by Crippen LogP contribution is -2.03. The van der Waals surface area contributed by atoms with Crippen molar-refractivity contribution in [3.05, 3.63) is 96.3 Å². The number of carboxylic acids is 1. The van der Waals surface area contributed by atoms with E-state index in [-0.39, 0.29) is 5.56 Å². The van der Waals surface area contributed by atoms with Gasteiger partial charge < -0.3 is 19.7 Å². The molecule has 0 aliphatic heterocycles. The lowest BCUT2D eigenvalue weighted by Gasteiger charge is -2.14. The average molecular weight is 413 g/mol. The topological polar surface area (TPSA) is 76.4 Å². The first-order valence-electron chi connectivity index (χ1n) is 10.1. The number of hydrogen-bond acceptors (Lipinski definition) is 4. The minimum Gasteiger partial charge on any atom is -0.487 e. The van der Waals surface area contributed by atoms with E-state index in [1.165, 1.54) is 0 Å². The number of pyridine rings is 1. The van der Waals surface area contributed by atoms with Crippen molar-refractivity contribution in [2.75, 3.05) is 5.32 Å². The number of carbonyl (C=O) groups is 1. The number of benzene rings is 2. The van der Waals surface area contributed by atoms with Gasteiger partial charge in [0.15, 0.2) is 0 Å².